The molecule has 0 fully saturated rings. The Bertz CT molecular complexity index is 530. The first-order chi connectivity index (χ1) is 9.32. The van der Waals surface area contributed by atoms with Crippen molar-refractivity contribution < 1.29 is 9.84 Å². The number of ether oxygens (including phenoxy) is 1. The van der Waals surface area contributed by atoms with E-state index in [9.17, 15) is 10.4 Å². The average molecular weight is 273 g/mol. The predicted octanol–water partition coefficient (Wildman–Crippen LogP) is 3.26. The summed E-state index contributed by atoms with van der Waals surface area (Å²) in [6.45, 7) is 7.90. The van der Waals surface area contributed by atoms with Crippen LogP contribution in [0.5, 0.6) is 0 Å². The third-order valence-corrected chi connectivity index (χ3v) is 4.44. The molecule has 1 aliphatic rings. The first-order valence-electron chi connectivity index (χ1n) is 7.19. The van der Waals surface area contributed by atoms with E-state index in [-0.39, 0.29) is 11.5 Å². The lowest BCUT2D eigenvalue weighted by molar-refractivity contribution is -0.109. The van der Waals surface area contributed by atoms with Crippen LogP contribution in [0.4, 0.5) is 0 Å². The summed E-state index contributed by atoms with van der Waals surface area (Å²) in [7, 11) is 0. The van der Waals surface area contributed by atoms with Crippen molar-refractivity contribution in [2.45, 2.75) is 63.8 Å². The number of fused-ring (bicyclic) bond motifs is 1. The van der Waals surface area contributed by atoms with Crippen molar-refractivity contribution >= 4 is 0 Å². The van der Waals surface area contributed by atoms with Crippen LogP contribution in [0, 0.1) is 11.3 Å². The second-order valence-electron chi connectivity index (χ2n) is 6.43. The monoisotopic (exact) mass is 273 g/mol. The maximum atomic E-state index is 9.73. The lowest BCUT2D eigenvalue weighted by Crippen LogP contribution is -2.42. The second-order valence-corrected chi connectivity index (χ2v) is 6.43. The van der Waals surface area contributed by atoms with Gasteiger partial charge in [-0.2, -0.15) is 5.26 Å². The molecule has 0 saturated carbocycles. The van der Waals surface area contributed by atoms with Crippen LogP contribution in [0.3, 0.4) is 0 Å². The van der Waals surface area contributed by atoms with Gasteiger partial charge in [0.15, 0.2) is 5.60 Å². The summed E-state index contributed by atoms with van der Waals surface area (Å²) >= 11 is 0. The highest BCUT2D eigenvalue weighted by atomic mass is 16.5. The Kier molecular flexibility index (Phi) is 3.90. The van der Waals surface area contributed by atoms with Crippen LogP contribution in [-0.4, -0.2) is 17.3 Å². The topological polar surface area (TPSA) is 53.2 Å². The van der Waals surface area contributed by atoms with E-state index >= 15 is 0 Å². The molecule has 0 bridgehead atoms. The Hall–Kier alpha value is -1.37. The van der Waals surface area contributed by atoms with E-state index in [2.05, 4.69) is 26.0 Å². The third-order valence-electron chi connectivity index (χ3n) is 4.44. The Balaban J connectivity index is 2.49. The summed E-state index contributed by atoms with van der Waals surface area (Å²) in [5.41, 5.74) is 1.23. The summed E-state index contributed by atoms with van der Waals surface area (Å²) in [6.07, 6.45) is 0.584. The quantitative estimate of drug-likeness (QED) is 0.919. The standard InChI is InChI=1S/C17H23NO2/c1-12(19)13(2)20-17(11-18)10-9-16(3,4)14-7-5-6-8-15(14)17/h5-8,12-13,19H,9-10H2,1-4H3. The van der Waals surface area contributed by atoms with E-state index in [0.29, 0.717) is 6.42 Å². The lowest BCUT2D eigenvalue weighted by Gasteiger charge is -2.42. The molecule has 0 aliphatic heterocycles. The van der Waals surface area contributed by atoms with Crippen LogP contribution >= 0.6 is 0 Å². The number of rotatable bonds is 3. The molecule has 0 aromatic heterocycles. The number of nitrogens with zero attached hydrogens (tertiary/aromatic N) is 1. The molecule has 3 atom stereocenters. The number of hydrogen-bond acceptors (Lipinski definition) is 3. The van der Waals surface area contributed by atoms with Crippen LogP contribution in [0.25, 0.3) is 0 Å². The van der Waals surface area contributed by atoms with Gasteiger partial charge in [0.05, 0.1) is 12.2 Å². The summed E-state index contributed by atoms with van der Waals surface area (Å²) in [5, 5.41) is 19.4. The first kappa shape index (κ1) is 15.0. The molecule has 1 aromatic rings. The van der Waals surface area contributed by atoms with E-state index in [1.165, 1.54) is 5.56 Å². The maximum Gasteiger partial charge on any atom is 0.180 e. The highest BCUT2D eigenvalue weighted by molar-refractivity contribution is 5.43. The van der Waals surface area contributed by atoms with E-state index in [1.807, 2.05) is 25.1 Å². The van der Waals surface area contributed by atoms with Crippen LogP contribution in [0.1, 0.15) is 51.7 Å². The van der Waals surface area contributed by atoms with Gasteiger partial charge in [0.1, 0.15) is 6.07 Å². The van der Waals surface area contributed by atoms with Crippen LogP contribution in [-0.2, 0) is 15.8 Å². The predicted molar refractivity (Wildman–Crippen MR) is 78.2 cm³/mol. The number of benzene rings is 1. The molecule has 0 saturated heterocycles. The van der Waals surface area contributed by atoms with Gasteiger partial charge < -0.3 is 9.84 Å². The zero-order valence-corrected chi connectivity index (χ0v) is 12.7. The first-order valence-corrected chi connectivity index (χ1v) is 7.19. The minimum atomic E-state index is -0.942. The van der Waals surface area contributed by atoms with Crippen molar-refractivity contribution in [1.82, 2.24) is 0 Å². The summed E-state index contributed by atoms with van der Waals surface area (Å²) in [4.78, 5) is 0. The van der Waals surface area contributed by atoms with E-state index in [0.717, 1.165) is 12.0 Å². The number of nitriles is 1. The van der Waals surface area contributed by atoms with Gasteiger partial charge >= 0.3 is 0 Å². The normalized spacial score (nSPS) is 27.2. The van der Waals surface area contributed by atoms with Gasteiger partial charge in [-0.15, -0.1) is 0 Å². The van der Waals surface area contributed by atoms with Gasteiger partial charge in [-0.1, -0.05) is 38.1 Å². The fraction of sp³-hybridized carbons (Fsp3) is 0.588. The lowest BCUT2D eigenvalue weighted by atomic mass is 9.67. The SMILES string of the molecule is CC(O)C(C)OC1(C#N)CCC(C)(C)c2ccccc21. The van der Waals surface area contributed by atoms with Crippen molar-refractivity contribution in [3.05, 3.63) is 35.4 Å². The molecule has 0 spiro atoms. The largest absolute Gasteiger partial charge is 0.391 e. The zero-order valence-electron chi connectivity index (χ0n) is 12.7. The molecule has 2 rings (SSSR count). The molecule has 1 N–H and O–H groups in total. The van der Waals surface area contributed by atoms with Gasteiger partial charge in [-0.05, 0) is 37.7 Å². The zero-order chi connectivity index (χ0) is 15.0. The number of aliphatic hydroxyl groups excluding tert-OH is 1. The smallest absolute Gasteiger partial charge is 0.180 e. The third kappa shape index (κ3) is 2.46. The highest BCUT2D eigenvalue weighted by Gasteiger charge is 2.45. The van der Waals surface area contributed by atoms with Gasteiger partial charge in [-0.25, -0.2) is 0 Å². The van der Waals surface area contributed by atoms with E-state index in [4.69, 9.17) is 4.74 Å². The van der Waals surface area contributed by atoms with Crippen molar-refractivity contribution in [2.75, 3.05) is 0 Å². The fourth-order valence-corrected chi connectivity index (χ4v) is 2.86. The fourth-order valence-electron chi connectivity index (χ4n) is 2.86. The molecule has 3 heteroatoms. The Morgan fingerprint density at radius 1 is 1.20 bits per heavy atom. The van der Waals surface area contributed by atoms with Crippen molar-refractivity contribution in [1.29, 1.82) is 5.26 Å². The molecule has 20 heavy (non-hydrogen) atoms. The molecule has 3 nitrogen and oxygen atoms in total. The molecular formula is C17H23NO2. The van der Waals surface area contributed by atoms with E-state index in [1.54, 1.807) is 6.92 Å². The molecule has 1 aliphatic carbocycles. The van der Waals surface area contributed by atoms with Crippen LogP contribution in [0.15, 0.2) is 24.3 Å². The molecular weight excluding hydrogens is 250 g/mol. The number of hydrogen-bond donors (Lipinski definition) is 1. The van der Waals surface area contributed by atoms with Gasteiger partial charge in [0.2, 0.25) is 0 Å². The van der Waals surface area contributed by atoms with Crippen molar-refractivity contribution in [3.63, 3.8) is 0 Å². The van der Waals surface area contributed by atoms with Crippen LogP contribution < -0.4 is 0 Å². The highest BCUT2D eigenvalue weighted by Crippen LogP contribution is 2.46. The molecule has 1 aromatic carbocycles. The van der Waals surface area contributed by atoms with Crippen molar-refractivity contribution in [3.8, 4) is 6.07 Å². The molecule has 0 heterocycles. The minimum absolute atomic E-state index is 0.0500. The Morgan fingerprint density at radius 2 is 1.80 bits per heavy atom. The summed E-state index contributed by atoms with van der Waals surface area (Å²) in [6, 6.07) is 10.4. The molecule has 0 amide bonds. The number of aliphatic hydroxyl groups is 1. The van der Waals surface area contributed by atoms with Gasteiger partial charge in [-0.3, -0.25) is 0 Å². The summed E-state index contributed by atoms with van der Waals surface area (Å²) < 4.78 is 6.00. The summed E-state index contributed by atoms with van der Waals surface area (Å²) in [5.74, 6) is 0. The molecule has 0 radical (unpaired) electrons. The van der Waals surface area contributed by atoms with E-state index < -0.39 is 11.7 Å². The molecule has 3 unspecified atom stereocenters. The second kappa shape index (κ2) is 5.20. The maximum absolute atomic E-state index is 9.73. The van der Waals surface area contributed by atoms with Gasteiger partial charge in [0, 0.05) is 5.56 Å². The Labute approximate surface area is 121 Å². The minimum Gasteiger partial charge on any atom is -0.391 e. The van der Waals surface area contributed by atoms with Gasteiger partial charge in [0.25, 0.3) is 0 Å². The van der Waals surface area contributed by atoms with Crippen LogP contribution in [0.2, 0.25) is 0 Å². The Morgan fingerprint density at radius 3 is 2.35 bits per heavy atom. The average Bonchev–Trinajstić information content (AvgIpc) is 2.42. The van der Waals surface area contributed by atoms with Crippen molar-refractivity contribution in [2.24, 2.45) is 0 Å². The molecule has 108 valence electrons.